The summed E-state index contributed by atoms with van der Waals surface area (Å²) in [5.41, 5.74) is 1.37. The fourth-order valence-corrected chi connectivity index (χ4v) is 1.89. The molecule has 0 atom stereocenters. The summed E-state index contributed by atoms with van der Waals surface area (Å²) in [5.74, 6) is 0.421. The number of benzene rings is 2. The fourth-order valence-electron chi connectivity index (χ4n) is 1.89. The molecule has 3 nitrogen and oxygen atoms in total. The van der Waals surface area contributed by atoms with E-state index in [4.69, 9.17) is 4.74 Å². The molecule has 0 aliphatic rings. The molecule has 0 aliphatic heterocycles. The number of hydrogen-bond acceptors (Lipinski definition) is 2. The largest absolute Gasteiger partial charge is 0.455 e. The molecule has 2 aromatic carbocycles. The summed E-state index contributed by atoms with van der Waals surface area (Å²) < 4.78 is 19.1. The second-order valence-corrected chi connectivity index (χ2v) is 4.39. The van der Waals surface area contributed by atoms with Crippen LogP contribution in [0.2, 0.25) is 0 Å². The average Bonchev–Trinajstić information content (AvgIpc) is 2.42. The minimum atomic E-state index is -0.426. The Balaban J connectivity index is 2.35. The zero-order valence-corrected chi connectivity index (χ0v) is 11.4. The number of hydrogen-bond donors (Lipinski definition) is 1. The van der Waals surface area contributed by atoms with E-state index in [9.17, 15) is 9.18 Å². The first kappa shape index (κ1) is 14.1. The number of aryl methyl sites for hydroxylation is 1. The van der Waals surface area contributed by atoms with Gasteiger partial charge in [-0.15, -0.1) is 0 Å². The van der Waals surface area contributed by atoms with Gasteiger partial charge in [0, 0.05) is 13.0 Å². The monoisotopic (exact) mass is 273 g/mol. The molecule has 20 heavy (non-hydrogen) atoms. The Morgan fingerprint density at radius 3 is 2.65 bits per heavy atom. The summed E-state index contributed by atoms with van der Waals surface area (Å²) in [7, 11) is 0. The fraction of sp³-hybridized carbons (Fsp3) is 0.188. The molecule has 1 amide bonds. The highest BCUT2D eigenvalue weighted by molar-refractivity contribution is 5.90. The number of amides is 1. The van der Waals surface area contributed by atoms with E-state index < -0.39 is 5.82 Å². The number of ether oxygens (including phenoxy) is 1. The van der Waals surface area contributed by atoms with E-state index in [0.717, 1.165) is 12.0 Å². The smallest absolute Gasteiger partial charge is 0.221 e. The lowest BCUT2D eigenvalue weighted by Gasteiger charge is -2.13. The lowest BCUT2D eigenvalue weighted by molar-refractivity contribution is -0.114. The third-order valence-corrected chi connectivity index (χ3v) is 2.83. The Bertz CT molecular complexity index is 626. The van der Waals surface area contributed by atoms with E-state index in [0.29, 0.717) is 17.2 Å². The Hall–Kier alpha value is -2.36. The molecule has 2 aromatic rings. The van der Waals surface area contributed by atoms with Gasteiger partial charge in [-0.25, -0.2) is 4.39 Å². The van der Waals surface area contributed by atoms with Crippen LogP contribution in [0.25, 0.3) is 0 Å². The van der Waals surface area contributed by atoms with E-state index in [-0.39, 0.29) is 5.91 Å². The highest BCUT2D eigenvalue weighted by Crippen LogP contribution is 2.32. The Kier molecular flexibility index (Phi) is 4.35. The Morgan fingerprint density at radius 2 is 1.95 bits per heavy atom. The predicted molar refractivity (Wildman–Crippen MR) is 76.6 cm³/mol. The SMILES string of the molecule is CCc1ccccc1Oc1ccc(F)cc1NC(C)=O. The predicted octanol–water partition coefficient (Wildman–Crippen LogP) is 4.14. The van der Waals surface area contributed by atoms with Gasteiger partial charge in [0.25, 0.3) is 0 Å². The van der Waals surface area contributed by atoms with Crippen molar-refractivity contribution in [3.05, 3.63) is 53.8 Å². The topological polar surface area (TPSA) is 38.3 Å². The summed E-state index contributed by atoms with van der Waals surface area (Å²) in [6.07, 6.45) is 0.826. The molecular formula is C16H16FNO2. The lowest BCUT2D eigenvalue weighted by Crippen LogP contribution is -2.07. The molecule has 0 saturated heterocycles. The molecule has 1 N–H and O–H groups in total. The van der Waals surface area contributed by atoms with Crippen LogP contribution in [0.3, 0.4) is 0 Å². The number of carbonyl (C=O) groups excluding carboxylic acids is 1. The van der Waals surface area contributed by atoms with Crippen LogP contribution in [0.1, 0.15) is 19.4 Å². The number of anilines is 1. The van der Waals surface area contributed by atoms with E-state index in [1.54, 1.807) is 0 Å². The molecular weight excluding hydrogens is 257 g/mol. The van der Waals surface area contributed by atoms with Crippen LogP contribution in [0.15, 0.2) is 42.5 Å². The summed E-state index contributed by atoms with van der Waals surface area (Å²) in [6.45, 7) is 3.40. The van der Waals surface area contributed by atoms with Crippen LogP contribution in [0, 0.1) is 5.82 Å². The average molecular weight is 273 g/mol. The highest BCUT2D eigenvalue weighted by Gasteiger charge is 2.10. The summed E-state index contributed by atoms with van der Waals surface area (Å²) in [5, 5.41) is 2.57. The van der Waals surface area contributed by atoms with Gasteiger partial charge in [-0.1, -0.05) is 25.1 Å². The molecule has 0 heterocycles. The van der Waals surface area contributed by atoms with Crippen molar-refractivity contribution in [3.8, 4) is 11.5 Å². The first-order valence-electron chi connectivity index (χ1n) is 6.43. The molecule has 0 unspecified atom stereocenters. The summed E-state index contributed by atoms with van der Waals surface area (Å²) in [4.78, 5) is 11.2. The van der Waals surface area contributed by atoms with Crippen molar-refractivity contribution in [2.24, 2.45) is 0 Å². The molecule has 0 saturated carbocycles. The third-order valence-electron chi connectivity index (χ3n) is 2.83. The van der Waals surface area contributed by atoms with Gasteiger partial charge in [0.05, 0.1) is 5.69 Å². The van der Waals surface area contributed by atoms with Gasteiger partial charge in [0.1, 0.15) is 11.6 Å². The van der Waals surface area contributed by atoms with E-state index in [2.05, 4.69) is 5.32 Å². The summed E-state index contributed by atoms with van der Waals surface area (Å²) >= 11 is 0. The van der Waals surface area contributed by atoms with Gasteiger partial charge in [-0.2, -0.15) is 0 Å². The number of carbonyl (C=O) groups is 1. The van der Waals surface area contributed by atoms with Crippen molar-refractivity contribution in [2.45, 2.75) is 20.3 Å². The molecule has 2 rings (SSSR count). The van der Waals surface area contributed by atoms with Gasteiger partial charge in [-0.3, -0.25) is 4.79 Å². The Morgan fingerprint density at radius 1 is 1.20 bits per heavy atom. The molecule has 0 fully saturated rings. The first-order valence-corrected chi connectivity index (χ1v) is 6.43. The maximum atomic E-state index is 13.3. The molecule has 4 heteroatoms. The van der Waals surface area contributed by atoms with Crippen molar-refractivity contribution in [1.29, 1.82) is 0 Å². The lowest BCUT2D eigenvalue weighted by atomic mass is 10.1. The molecule has 0 radical (unpaired) electrons. The molecule has 104 valence electrons. The third kappa shape index (κ3) is 3.35. The van der Waals surface area contributed by atoms with E-state index in [1.807, 2.05) is 31.2 Å². The maximum Gasteiger partial charge on any atom is 0.221 e. The zero-order chi connectivity index (χ0) is 14.5. The van der Waals surface area contributed by atoms with Gasteiger partial charge >= 0.3 is 0 Å². The standard InChI is InChI=1S/C16H16FNO2/c1-3-12-6-4-5-7-15(12)20-16-9-8-13(17)10-14(16)18-11(2)19/h4-10H,3H2,1-2H3,(H,18,19). The van der Waals surface area contributed by atoms with Crippen LogP contribution in [0.4, 0.5) is 10.1 Å². The van der Waals surface area contributed by atoms with Crippen molar-refractivity contribution >= 4 is 11.6 Å². The summed E-state index contributed by atoms with van der Waals surface area (Å²) in [6, 6.07) is 11.7. The second-order valence-electron chi connectivity index (χ2n) is 4.39. The number of halogens is 1. The molecule has 0 bridgehead atoms. The highest BCUT2D eigenvalue weighted by atomic mass is 19.1. The number of nitrogens with one attached hydrogen (secondary N) is 1. The molecule has 0 aliphatic carbocycles. The van der Waals surface area contributed by atoms with Gasteiger partial charge in [0.2, 0.25) is 5.91 Å². The maximum absolute atomic E-state index is 13.3. The first-order chi connectivity index (χ1) is 9.60. The van der Waals surface area contributed by atoms with Gasteiger partial charge in [0.15, 0.2) is 5.75 Å². The van der Waals surface area contributed by atoms with Crippen molar-refractivity contribution in [2.75, 3.05) is 5.32 Å². The van der Waals surface area contributed by atoms with Crippen molar-refractivity contribution in [3.63, 3.8) is 0 Å². The van der Waals surface area contributed by atoms with Crippen LogP contribution in [-0.4, -0.2) is 5.91 Å². The zero-order valence-electron chi connectivity index (χ0n) is 11.4. The quantitative estimate of drug-likeness (QED) is 0.909. The van der Waals surface area contributed by atoms with Crippen LogP contribution >= 0.6 is 0 Å². The number of para-hydroxylation sites is 1. The van der Waals surface area contributed by atoms with E-state index in [1.165, 1.54) is 25.1 Å². The number of rotatable bonds is 4. The Labute approximate surface area is 117 Å². The molecule has 0 aromatic heterocycles. The minimum absolute atomic E-state index is 0.274. The van der Waals surface area contributed by atoms with Crippen LogP contribution < -0.4 is 10.1 Å². The van der Waals surface area contributed by atoms with Crippen LogP contribution in [-0.2, 0) is 11.2 Å². The van der Waals surface area contributed by atoms with Gasteiger partial charge in [-0.05, 0) is 30.2 Å². The van der Waals surface area contributed by atoms with Gasteiger partial charge < -0.3 is 10.1 Å². The van der Waals surface area contributed by atoms with Crippen molar-refractivity contribution < 1.29 is 13.9 Å². The minimum Gasteiger partial charge on any atom is -0.455 e. The van der Waals surface area contributed by atoms with Crippen LogP contribution in [0.5, 0.6) is 11.5 Å². The van der Waals surface area contributed by atoms with Crippen molar-refractivity contribution in [1.82, 2.24) is 0 Å². The normalized spacial score (nSPS) is 10.2. The second kappa shape index (κ2) is 6.19. The molecule has 0 spiro atoms. The van der Waals surface area contributed by atoms with E-state index >= 15 is 0 Å².